The normalized spacial score (nSPS) is 10.7. The van der Waals surface area contributed by atoms with E-state index in [9.17, 15) is 4.79 Å². The fourth-order valence-corrected chi connectivity index (χ4v) is 3.41. The second-order valence-electron chi connectivity index (χ2n) is 7.09. The van der Waals surface area contributed by atoms with E-state index >= 15 is 0 Å². The third-order valence-corrected chi connectivity index (χ3v) is 4.94. The van der Waals surface area contributed by atoms with Crippen molar-refractivity contribution >= 4 is 5.91 Å². The minimum Gasteiger partial charge on any atom is -0.352 e. The number of benzene rings is 3. The maximum atomic E-state index is 12.3. The predicted octanol–water partition coefficient (Wildman–Crippen LogP) is 4.71. The van der Waals surface area contributed by atoms with Gasteiger partial charge in [-0.3, -0.25) is 4.79 Å². The molecule has 0 radical (unpaired) electrons. The number of aryl methyl sites for hydroxylation is 1. The summed E-state index contributed by atoms with van der Waals surface area (Å²) in [5.41, 5.74) is 6.70. The van der Waals surface area contributed by atoms with Crippen molar-refractivity contribution in [3.8, 4) is 16.8 Å². The van der Waals surface area contributed by atoms with Crippen LogP contribution in [-0.4, -0.2) is 15.7 Å². The van der Waals surface area contributed by atoms with Gasteiger partial charge in [-0.2, -0.15) is 5.10 Å². The summed E-state index contributed by atoms with van der Waals surface area (Å²) in [6.07, 6.45) is 4.00. The van der Waals surface area contributed by atoms with Crippen LogP contribution in [0, 0.1) is 6.92 Å². The standard InChI is InChI=1S/C25H23N3O/c1-19-16-21(10-13-24(19)22-6-3-2-4-7-22)18-26-25(29)17-20-8-11-23(12-9-20)28-15-5-14-27-28/h2-16H,17-18H2,1H3,(H,26,29). The van der Waals surface area contributed by atoms with Crippen LogP contribution in [0.1, 0.15) is 16.7 Å². The molecular formula is C25H23N3O. The van der Waals surface area contributed by atoms with Crippen LogP contribution < -0.4 is 5.32 Å². The lowest BCUT2D eigenvalue weighted by atomic mass is 9.98. The Bertz CT molecular complexity index is 1080. The average Bonchev–Trinajstić information content (AvgIpc) is 3.28. The van der Waals surface area contributed by atoms with Crippen molar-refractivity contribution in [2.24, 2.45) is 0 Å². The number of carbonyl (C=O) groups is 1. The Morgan fingerprint density at radius 1 is 0.931 bits per heavy atom. The Morgan fingerprint density at radius 2 is 1.69 bits per heavy atom. The van der Waals surface area contributed by atoms with E-state index in [1.54, 1.807) is 10.9 Å². The molecule has 1 amide bonds. The molecule has 0 unspecified atom stereocenters. The highest BCUT2D eigenvalue weighted by molar-refractivity contribution is 5.78. The molecule has 1 heterocycles. The van der Waals surface area contributed by atoms with Gasteiger partial charge in [0.05, 0.1) is 12.1 Å². The summed E-state index contributed by atoms with van der Waals surface area (Å²) in [4.78, 5) is 12.3. The summed E-state index contributed by atoms with van der Waals surface area (Å²) in [6, 6.07) is 26.4. The van der Waals surface area contributed by atoms with E-state index in [0.717, 1.165) is 16.8 Å². The van der Waals surface area contributed by atoms with Crippen molar-refractivity contribution in [1.29, 1.82) is 0 Å². The van der Waals surface area contributed by atoms with Crippen molar-refractivity contribution in [1.82, 2.24) is 15.1 Å². The average molecular weight is 381 g/mol. The Balaban J connectivity index is 1.34. The molecule has 0 saturated carbocycles. The Morgan fingerprint density at radius 3 is 2.38 bits per heavy atom. The summed E-state index contributed by atoms with van der Waals surface area (Å²) >= 11 is 0. The highest BCUT2D eigenvalue weighted by Gasteiger charge is 2.06. The number of hydrogen-bond donors (Lipinski definition) is 1. The summed E-state index contributed by atoms with van der Waals surface area (Å²) in [7, 11) is 0. The van der Waals surface area contributed by atoms with E-state index in [1.807, 2.05) is 54.7 Å². The van der Waals surface area contributed by atoms with Crippen LogP contribution in [0.15, 0.2) is 91.3 Å². The first-order chi connectivity index (χ1) is 14.2. The highest BCUT2D eigenvalue weighted by Crippen LogP contribution is 2.24. The van der Waals surface area contributed by atoms with Gasteiger partial charge in [-0.25, -0.2) is 4.68 Å². The first-order valence-electron chi connectivity index (χ1n) is 9.70. The van der Waals surface area contributed by atoms with Crippen molar-refractivity contribution < 1.29 is 4.79 Å². The molecule has 1 N–H and O–H groups in total. The van der Waals surface area contributed by atoms with Crippen molar-refractivity contribution in [3.05, 3.63) is 108 Å². The van der Waals surface area contributed by atoms with Crippen molar-refractivity contribution in [2.45, 2.75) is 19.9 Å². The fraction of sp³-hybridized carbons (Fsp3) is 0.120. The van der Waals surface area contributed by atoms with E-state index in [4.69, 9.17) is 0 Å². The first kappa shape index (κ1) is 18.7. The lowest BCUT2D eigenvalue weighted by Gasteiger charge is -2.10. The Labute approximate surface area is 170 Å². The monoisotopic (exact) mass is 381 g/mol. The molecule has 0 spiro atoms. The zero-order valence-corrected chi connectivity index (χ0v) is 16.4. The van der Waals surface area contributed by atoms with Gasteiger partial charge in [0.25, 0.3) is 0 Å². The van der Waals surface area contributed by atoms with Gasteiger partial charge in [0.2, 0.25) is 5.91 Å². The summed E-state index contributed by atoms with van der Waals surface area (Å²) < 4.78 is 1.80. The maximum Gasteiger partial charge on any atom is 0.224 e. The zero-order valence-electron chi connectivity index (χ0n) is 16.4. The number of aromatic nitrogens is 2. The lowest BCUT2D eigenvalue weighted by Crippen LogP contribution is -2.24. The van der Waals surface area contributed by atoms with E-state index < -0.39 is 0 Å². The topological polar surface area (TPSA) is 46.9 Å². The van der Waals surface area contributed by atoms with Gasteiger partial charge in [0, 0.05) is 18.9 Å². The van der Waals surface area contributed by atoms with Crippen LogP contribution in [-0.2, 0) is 17.8 Å². The quantitative estimate of drug-likeness (QED) is 0.526. The first-order valence-corrected chi connectivity index (χ1v) is 9.70. The molecule has 0 fully saturated rings. The number of hydrogen-bond acceptors (Lipinski definition) is 2. The molecule has 4 heteroatoms. The Hall–Kier alpha value is -3.66. The molecule has 0 aliphatic heterocycles. The molecule has 0 aliphatic rings. The summed E-state index contributed by atoms with van der Waals surface area (Å²) in [5, 5.41) is 7.23. The minimum absolute atomic E-state index is 0.0154. The molecule has 3 aromatic carbocycles. The van der Waals surface area contributed by atoms with E-state index in [0.29, 0.717) is 13.0 Å². The molecule has 0 bridgehead atoms. The third-order valence-electron chi connectivity index (χ3n) is 4.94. The molecule has 29 heavy (non-hydrogen) atoms. The molecule has 0 aliphatic carbocycles. The van der Waals surface area contributed by atoms with Crippen LogP contribution in [0.5, 0.6) is 0 Å². The number of nitrogens with zero attached hydrogens (tertiary/aromatic N) is 2. The second kappa shape index (κ2) is 8.57. The maximum absolute atomic E-state index is 12.3. The molecule has 1 aromatic heterocycles. The minimum atomic E-state index is 0.0154. The number of amides is 1. The molecule has 144 valence electrons. The van der Waals surface area contributed by atoms with Gasteiger partial charge in [-0.15, -0.1) is 0 Å². The van der Waals surface area contributed by atoms with Gasteiger partial charge in [-0.05, 0) is 52.9 Å². The largest absolute Gasteiger partial charge is 0.352 e. The molecule has 4 nitrogen and oxygen atoms in total. The van der Waals surface area contributed by atoms with Crippen molar-refractivity contribution in [3.63, 3.8) is 0 Å². The Kier molecular flexibility index (Phi) is 5.52. The number of carbonyl (C=O) groups excluding carboxylic acids is 1. The number of nitrogens with one attached hydrogen (secondary N) is 1. The molecule has 0 saturated heterocycles. The predicted molar refractivity (Wildman–Crippen MR) is 116 cm³/mol. The smallest absolute Gasteiger partial charge is 0.224 e. The summed E-state index contributed by atoms with van der Waals surface area (Å²) in [5.74, 6) is 0.0154. The van der Waals surface area contributed by atoms with Gasteiger partial charge < -0.3 is 5.32 Å². The van der Waals surface area contributed by atoms with Crippen molar-refractivity contribution in [2.75, 3.05) is 0 Å². The number of rotatable bonds is 6. The van der Waals surface area contributed by atoms with Gasteiger partial charge in [0.1, 0.15) is 0 Å². The highest BCUT2D eigenvalue weighted by atomic mass is 16.1. The molecule has 4 aromatic rings. The lowest BCUT2D eigenvalue weighted by molar-refractivity contribution is -0.120. The molecule has 4 rings (SSSR count). The van der Waals surface area contributed by atoms with Crippen LogP contribution >= 0.6 is 0 Å². The SMILES string of the molecule is Cc1cc(CNC(=O)Cc2ccc(-n3cccn3)cc2)ccc1-c1ccccc1. The zero-order chi connectivity index (χ0) is 20.1. The fourth-order valence-electron chi connectivity index (χ4n) is 3.41. The molecular weight excluding hydrogens is 358 g/mol. The van der Waals surface area contributed by atoms with E-state index in [-0.39, 0.29) is 5.91 Å². The second-order valence-corrected chi connectivity index (χ2v) is 7.09. The van der Waals surface area contributed by atoms with E-state index in [2.05, 4.69) is 47.7 Å². The van der Waals surface area contributed by atoms with E-state index in [1.165, 1.54) is 16.7 Å². The summed E-state index contributed by atoms with van der Waals surface area (Å²) in [6.45, 7) is 2.63. The van der Waals surface area contributed by atoms with Crippen LogP contribution in [0.2, 0.25) is 0 Å². The van der Waals surface area contributed by atoms with Crippen LogP contribution in [0.25, 0.3) is 16.8 Å². The molecule has 0 atom stereocenters. The third kappa shape index (κ3) is 4.61. The van der Waals surface area contributed by atoms with Gasteiger partial charge >= 0.3 is 0 Å². The van der Waals surface area contributed by atoms with Crippen LogP contribution in [0.3, 0.4) is 0 Å². The van der Waals surface area contributed by atoms with Crippen LogP contribution in [0.4, 0.5) is 0 Å². The van der Waals surface area contributed by atoms with Gasteiger partial charge in [0.15, 0.2) is 0 Å². The van der Waals surface area contributed by atoms with Gasteiger partial charge in [-0.1, -0.05) is 60.7 Å².